The van der Waals surface area contributed by atoms with Crippen LogP contribution in [0.3, 0.4) is 0 Å². The van der Waals surface area contributed by atoms with Gasteiger partial charge in [-0.25, -0.2) is 15.0 Å². The molecule has 3 aromatic heterocycles. The lowest BCUT2D eigenvalue weighted by Gasteiger charge is -2.02. The Morgan fingerprint density at radius 3 is 3.12 bits per heavy atom. The molecule has 0 atom stereocenters. The van der Waals surface area contributed by atoms with Crippen molar-refractivity contribution in [3.8, 4) is 0 Å². The van der Waals surface area contributed by atoms with Gasteiger partial charge in [0.25, 0.3) is 0 Å². The van der Waals surface area contributed by atoms with E-state index < -0.39 is 0 Å². The van der Waals surface area contributed by atoms with Gasteiger partial charge >= 0.3 is 0 Å². The Labute approximate surface area is 151 Å². The summed E-state index contributed by atoms with van der Waals surface area (Å²) in [6, 6.07) is 6.04. The monoisotopic (exact) mass is 370 g/mol. The summed E-state index contributed by atoms with van der Waals surface area (Å²) in [6.07, 6.45) is 3.20. The molecule has 4 aromatic rings. The number of nitrogens with zero attached hydrogens (tertiary/aromatic N) is 5. The first-order valence-corrected chi connectivity index (χ1v) is 9.33. The molecule has 25 heavy (non-hydrogen) atoms. The Hall–Kier alpha value is -2.52. The fourth-order valence-corrected chi connectivity index (χ4v) is 4.17. The van der Waals surface area contributed by atoms with Crippen LogP contribution in [0.15, 0.2) is 35.7 Å². The molecule has 9 heteroatoms. The second kappa shape index (κ2) is 6.41. The number of hydrogen-bond acceptors (Lipinski definition) is 7. The molecule has 7 nitrogen and oxygen atoms in total. The molecule has 1 aromatic carbocycles. The number of anilines is 1. The average Bonchev–Trinajstić information content (AvgIpc) is 3.16. The fraction of sp³-hybridized carbons (Fsp3) is 0.188. The van der Waals surface area contributed by atoms with E-state index in [1.165, 1.54) is 35.0 Å². The van der Waals surface area contributed by atoms with Gasteiger partial charge in [-0.15, -0.1) is 0 Å². The summed E-state index contributed by atoms with van der Waals surface area (Å²) in [5.74, 6) is 0.132. The fourth-order valence-electron chi connectivity index (χ4n) is 2.43. The predicted molar refractivity (Wildman–Crippen MR) is 100 cm³/mol. The van der Waals surface area contributed by atoms with Crippen molar-refractivity contribution >= 4 is 55.4 Å². The molecular weight excluding hydrogens is 356 g/mol. The van der Waals surface area contributed by atoms with Crippen molar-refractivity contribution in [3.63, 3.8) is 0 Å². The van der Waals surface area contributed by atoms with E-state index in [1.54, 1.807) is 10.9 Å². The lowest BCUT2D eigenvalue weighted by Crippen LogP contribution is -2.13. The van der Waals surface area contributed by atoms with Gasteiger partial charge in [-0.3, -0.25) is 9.48 Å². The molecule has 0 saturated carbocycles. The molecular formula is C16H14N6OS2. The van der Waals surface area contributed by atoms with E-state index in [2.05, 4.69) is 31.4 Å². The van der Waals surface area contributed by atoms with Gasteiger partial charge in [0.05, 0.1) is 27.6 Å². The second-order valence-electron chi connectivity index (χ2n) is 5.51. The van der Waals surface area contributed by atoms with E-state index in [0.717, 1.165) is 26.3 Å². The van der Waals surface area contributed by atoms with E-state index >= 15 is 0 Å². The minimum atomic E-state index is -0.114. The number of aryl methyl sites for hydroxylation is 2. The first-order valence-electron chi connectivity index (χ1n) is 7.53. The van der Waals surface area contributed by atoms with Crippen LogP contribution in [0.5, 0.6) is 0 Å². The van der Waals surface area contributed by atoms with E-state index in [0.29, 0.717) is 5.13 Å². The van der Waals surface area contributed by atoms with E-state index in [-0.39, 0.29) is 11.7 Å². The molecule has 0 aliphatic heterocycles. The zero-order valence-electron chi connectivity index (χ0n) is 13.6. The van der Waals surface area contributed by atoms with Crippen molar-refractivity contribution in [2.45, 2.75) is 11.9 Å². The van der Waals surface area contributed by atoms with Crippen molar-refractivity contribution in [1.82, 2.24) is 24.7 Å². The number of nitrogens with one attached hydrogen (secondary N) is 1. The molecule has 0 fully saturated rings. The molecule has 0 unspecified atom stereocenters. The third kappa shape index (κ3) is 3.20. The van der Waals surface area contributed by atoms with Crippen LogP contribution in [-0.2, 0) is 11.8 Å². The SMILES string of the molecule is Cc1ccc2nc(NC(=O)CSc3ncnc4c3cnn4C)sc2c1. The number of carbonyl (C=O) groups excluding carboxylic acids is 1. The minimum absolute atomic E-state index is 0.114. The molecule has 0 aliphatic rings. The Morgan fingerprint density at radius 2 is 2.24 bits per heavy atom. The number of aromatic nitrogens is 5. The predicted octanol–water partition coefficient (Wildman–Crippen LogP) is 3.01. The molecule has 4 rings (SSSR count). The van der Waals surface area contributed by atoms with Gasteiger partial charge in [-0.2, -0.15) is 5.10 Å². The van der Waals surface area contributed by atoms with Crippen LogP contribution in [0, 0.1) is 6.92 Å². The molecule has 0 bridgehead atoms. The topological polar surface area (TPSA) is 85.6 Å². The molecule has 3 heterocycles. The van der Waals surface area contributed by atoms with Crippen molar-refractivity contribution in [2.75, 3.05) is 11.1 Å². The number of thioether (sulfide) groups is 1. The zero-order valence-corrected chi connectivity index (χ0v) is 15.2. The number of thiazole rings is 1. The van der Waals surface area contributed by atoms with E-state index in [1.807, 2.05) is 26.1 Å². The summed E-state index contributed by atoms with van der Waals surface area (Å²) < 4.78 is 2.75. The average molecular weight is 370 g/mol. The van der Waals surface area contributed by atoms with E-state index in [9.17, 15) is 4.79 Å². The standard InChI is InChI=1S/C16H14N6OS2/c1-9-3-4-11-12(5-9)25-16(20-11)21-13(23)7-24-15-10-6-19-22(2)14(10)17-8-18-15/h3-6,8H,7H2,1-2H3,(H,20,21,23). The quantitative estimate of drug-likeness (QED) is 0.439. The Kier molecular flexibility index (Phi) is 4.10. The third-order valence-corrected chi connectivity index (χ3v) is 5.56. The van der Waals surface area contributed by atoms with Crippen molar-refractivity contribution in [2.24, 2.45) is 7.05 Å². The Bertz CT molecular complexity index is 1090. The lowest BCUT2D eigenvalue weighted by molar-refractivity contribution is -0.113. The first kappa shape index (κ1) is 16.0. The van der Waals surface area contributed by atoms with E-state index in [4.69, 9.17) is 0 Å². The summed E-state index contributed by atoms with van der Waals surface area (Å²) >= 11 is 2.84. The number of rotatable bonds is 4. The van der Waals surface area contributed by atoms with Crippen LogP contribution in [0.4, 0.5) is 5.13 Å². The molecule has 0 radical (unpaired) electrons. The van der Waals surface area contributed by atoms with Crippen molar-refractivity contribution in [3.05, 3.63) is 36.3 Å². The highest BCUT2D eigenvalue weighted by atomic mass is 32.2. The zero-order chi connectivity index (χ0) is 17.4. The van der Waals surface area contributed by atoms with Gasteiger partial charge < -0.3 is 5.32 Å². The van der Waals surface area contributed by atoms with Gasteiger partial charge in [-0.1, -0.05) is 29.2 Å². The normalized spacial score (nSPS) is 11.3. The van der Waals surface area contributed by atoms with Gasteiger partial charge in [0.2, 0.25) is 5.91 Å². The number of fused-ring (bicyclic) bond motifs is 2. The van der Waals surface area contributed by atoms with Crippen LogP contribution in [-0.4, -0.2) is 36.4 Å². The Balaban J connectivity index is 1.46. The second-order valence-corrected chi connectivity index (χ2v) is 7.51. The molecule has 1 amide bonds. The number of carbonyl (C=O) groups is 1. The summed E-state index contributed by atoms with van der Waals surface area (Å²) in [4.78, 5) is 25.1. The lowest BCUT2D eigenvalue weighted by atomic mass is 10.2. The molecule has 126 valence electrons. The van der Waals surface area contributed by atoms with Crippen molar-refractivity contribution in [1.29, 1.82) is 0 Å². The third-order valence-electron chi connectivity index (χ3n) is 3.62. The first-order chi connectivity index (χ1) is 12.1. The molecule has 1 N–H and O–H groups in total. The van der Waals surface area contributed by atoms with Crippen LogP contribution in [0.1, 0.15) is 5.56 Å². The van der Waals surface area contributed by atoms with Gasteiger partial charge in [0.15, 0.2) is 10.8 Å². The van der Waals surface area contributed by atoms with Gasteiger partial charge in [-0.05, 0) is 24.6 Å². The molecule has 0 spiro atoms. The highest BCUT2D eigenvalue weighted by Gasteiger charge is 2.12. The largest absolute Gasteiger partial charge is 0.301 e. The van der Waals surface area contributed by atoms with Crippen LogP contribution >= 0.6 is 23.1 Å². The maximum Gasteiger partial charge on any atom is 0.236 e. The summed E-state index contributed by atoms with van der Waals surface area (Å²) in [5, 5.41) is 9.23. The van der Waals surface area contributed by atoms with Crippen molar-refractivity contribution < 1.29 is 4.79 Å². The Morgan fingerprint density at radius 1 is 1.36 bits per heavy atom. The number of benzene rings is 1. The van der Waals surface area contributed by atoms with Crippen LogP contribution < -0.4 is 5.32 Å². The number of amides is 1. The van der Waals surface area contributed by atoms with Gasteiger partial charge in [0, 0.05) is 7.05 Å². The minimum Gasteiger partial charge on any atom is -0.301 e. The molecule has 0 saturated heterocycles. The maximum atomic E-state index is 12.2. The smallest absolute Gasteiger partial charge is 0.236 e. The van der Waals surface area contributed by atoms with Crippen LogP contribution in [0.2, 0.25) is 0 Å². The summed E-state index contributed by atoms with van der Waals surface area (Å²) in [6.45, 7) is 2.04. The maximum absolute atomic E-state index is 12.2. The molecule has 0 aliphatic carbocycles. The summed E-state index contributed by atoms with van der Waals surface area (Å²) in [5.41, 5.74) is 2.82. The highest BCUT2D eigenvalue weighted by molar-refractivity contribution is 8.00. The number of hydrogen-bond donors (Lipinski definition) is 1. The highest BCUT2D eigenvalue weighted by Crippen LogP contribution is 2.27. The van der Waals surface area contributed by atoms with Crippen LogP contribution in [0.25, 0.3) is 21.3 Å². The van der Waals surface area contributed by atoms with Gasteiger partial charge in [0.1, 0.15) is 11.4 Å². The summed E-state index contributed by atoms with van der Waals surface area (Å²) in [7, 11) is 1.82.